The normalized spacial score (nSPS) is 22.1. The second-order valence-electron chi connectivity index (χ2n) is 5.44. The highest BCUT2D eigenvalue weighted by atomic mass is 32.2. The molecule has 0 saturated heterocycles. The molecule has 0 bridgehead atoms. The van der Waals surface area contributed by atoms with E-state index in [9.17, 15) is 14.4 Å². The number of unbranched alkanes of at least 4 members (excludes halogenated alkanes) is 1. The molecule has 21 heavy (non-hydrogen) atoms. The molecule has 0 amide bonds. The van der Waals surface area contributed by atoms with Gasteiger partial charge < -0.3 is 4.74 Å². The zero-order chi connectivity index (χ0) is 15.7. The lowest BCUT2D eigenvalue weighted by atomic mass is 9.70. The first-order chi connectivity index (χ1) is 10.1. The van der Waals surface area contributed by atoms with Gasteiger partial charge in [0.2, 0.25) is 0 Å². The van der Waals surface area contributed by atoms with Crippen LogP contribution < -0.4 is 0 Å². The van der Waals surface area contributed by atoms with E-state index in [4.69, 9.17) is 4.74 Å². The maximum absolute atomic E-state index is 12.3. The van der Waals surface area contributed by atoms with Crippen molar-refractivity contribution in [3.8, 4) is 0 Å². The number of hydrogen-bond acceptors (Lipinski definition) is 5. The molecule has 1 rings (SSSR count). The highest BCUT2D eigenvalue weighted by molar-refractivity contribution is 8.13. The minimum absolute atomic E-state index is 0.0291. The molecule has 0 spiro atoms. The summed E-state index contributed by atoms with van der Waals surface area (Å²) in [5, 5.41) is 0.192. The number of carbonyl (C=O) groups excluding carboxylic acids is 3. The van der Waals surface area contributed by atoms with Crippen LogP contribution in [0.2, 0.25) is 0 Å². The van der Waals surface area contributed by atoms with Crippen LogP contribution in [-0.4, -0.2) is 29.2 Å². The van der Waals surface area contributed by atoms with Gasteiger partial charge in [-0.05, 0) is 38.4 Å². The fourth-order valence-electron chi connectivity index (χ4n) is 2.87. The van der Waals surface area contributed by atoms with Gasteiger partial charge in [0.1, 0.15) is 11.2 Å². The zero-order valence-electron chi connectivity index (χ0n) is 13.1. The van der Waals surface area contributed by atoms with Crippen LogP contribution in [0.5, 0.6) is 0 Å². The fourth-order valence-corrected chi connectivity index (χ4v) is 3.48. The van der Waals surface area contributed by atoms with Crippen molar-refractivity contribution in [3.05, 3.63) is 0 Å². The van der Waals surface area contributed by atoms with Crippen LogP contribution in [0.4, 0.5) is 0 Å². The molecule has 5 heteroatoms. The first kappa shape index (κ1) is 18.2. The average molecular weight is 314 g/mol. The maximum atomic E-state index is 12.3. The van der Waals surface area contributed by atoms with Gasteiger partial charge in [0.05, 0.1) is 6.61 Å². The van der Waals surface area contributed by atoms with Crippen LogP contribution in [0, 0.1) is 5.41 Å². The van der Waals surface area contributed by atoms with Gasteiger partial charge in [-0.2, -0.15) is 0 Å². The highest BCUT2D eigenvalue weighted by Gasteiger charge is 2.47. The van der Waals surface area contributed by atoms with Gasteiger partial charge in [-0.1, -0.05) is 31.5 Å². The van der Waals surface area contributed by atoms with Crippen molar-refractivity contribution in [1.29, 1.82) is 0 Å². The third-order valence-corrected chi connectivity index (χ3v) is 4.81. The molecule has 120 valence electrons. The number of carbonyl (C=O) groups is 3. The lowest BCUT2D eigenvalue weighted by Crippen LogP contribution is -2.43. The molecule has 1 fully saturated rings. The van der Waals surface area contributed by atoms with Crippen molar-refractivity contribution in [2.24, 2.45) is 5.41 Å². The van der Waals surface area contributed by atoms with E-state index in [1.54, 1.807) is 6.92 Å². The number of esters is 1. The Morgan fingerprint density at radius 3 is 2.62 bits per heavy atom. The van der Waals surface area contributed by atoms with Gasteiger partial charge in [0, 0.05) is 12.8 Å². The summed E-state index contributed by atoms with van der Waals surface area (Å²) in [4.78, 5) is 36.0. The van der Waals surface area contributed by atoms with Crippen molar-refractivity contribution in [3.63, 3.8) is 0 Å². The van der Waals surface area contributed by atoms with Crippen molar-refractivity contribution >= 4 is 28.6 Å². The summed E-state index contributed by atoms with van der Waals surface area (Å²) in [5.41, 5.74) is -0.935. The lowest BCUT2D eigenvalue weighted by molar-refractivity contribution is -0.163. The Hall–Kier alpha value is -0.840. The maximum Gasteiger partial charge on any atom is 0.319 e. The number of ketones is 1. The molecule has 1 aliphatic rings. The van der Waals surface area contributed by atoms with Gasteiger partial charge in [-0.25, -0.2) is 0 Å². The Bertz CT molecular complexity index is 380. The molecule has 0 heterocycles. The van der Waals surface area contributed by atoms with E-state index >= 15 is 0 Å². The second-order valence-corrected chi connectivity index (χ2v) is 6.77. The summed E-state index contributed by atoms with van der Waals surface area (Å²) in [6, 6.07) is 0. The molecule has 1 atom stereocenters. The minimum atomic E-state index is -0.935. The molecule has 0 N–H and O–H groups in total. The Labute approximate surface area is 131 Å². The second kappa shape index (κ2) is 9.23. The van der Waals surface area contributed by atoms with E-state index in [1.165, 1.54) is 11.8 Å². The SMILES string of the molecule is CCOC(=O)C1(CCCCC(=O)SCC)CCCCC1=O. The van der Waals surface area contributed by atoms with Gasteiger partial charge in [0.25, 0.3) is 0 Å². The third-order valence-electron chi connectivity index (χ3n) is 4.00. The van der Waals surface area contributed by atoms with E-state index in [-0.39, 0.29) is 16.9 Å². The first-order valence-corrected chi connectivity index (χ1v) is 8.91. The van der Waals surface area contributed by atoms with E-state index in [1.807, 2.05) is 6.92 Å². The molecular formula is C16H26O4S. The Kier molecular flexibility index (Phi) is 8.01. The predicted octanol–water partition coefficient (Wildman–Crippen LogP) is 3.52. The molecule has 0 aromatic heterocycles. The largest absolute Gasteiger partial charge is 0.465 e. The average Bonchev–Trinajstić information content (AvgIpc) is 2.46. The van der Waals surface area contributed by atoms with E-state index in [0.717, 1.165) is 31.4 Å². The molecule has 0 aromatic rings. The lowest BCUT2D eigenvalue weighted by Gasteiger charge is -2.33. The van der Waals surface area contributed by atoms with Crippen LogP contribution in [0.3, 0.4) is 0 Å². The quantitative estimate of drug-likeness (QED) is 0.390. The fraction of sp³-hybridized carbons (Fsp3) is 0.812. The molecule has 0 aliphatic heterocycles. The van der Waals surface area contributed by atoms with Crippen molar-refractivity contribution < 1.29 is 19.1 Å². The van der Waals surface area contributed by atoms with Gasteiger partial charge in [-0.15, -0.1) is 0 Å². The molecule has 4 nitrogen and oxygen atoms in total. The molecule has 1 aliphatic carbocycles. The van der Waals surface area contributed by atoms with Gasteiger partial charge in [0.15, 0.2) is 5.12 Å². The van der Waals surface area contributed by atoms with E-state index in [2.05, 4.69) is 0 Å². The Morgan fingerprint density at radius 1 is 1.24 bits per heavy atom. The minimum Gasteiger partial charge on any atom is -0.465 e. The number of Topliss-reactive ketones (excluding diaryl/α,β-unsaturated/α-hetero) is 1. The van der Waals surface area contributed by atoms with Crippen LogP contribution in [0.15, 0.2) is 0 Å². The summed E-state index contributed by atoms with van der Waals surface area (Å²) in [7, 11) is 0. The summed E-state index contributed by atoms with van der Waals surface area (Å²) in [6.07, 6.45) is 5.34. The predicted molar refractivity (Wildman–Crippen MR) is 84.1 cm³/mol. The third kappa shape index (κ3) is 5.13. The standard InChI is InChI=1S/C16H26O4S/c1-3-20-15(19)16(11-7-5-9-13(16)17)12-8-6-10-14(18)21-4-2/h3-12H2,1-2H3. The summed E-state index contributed by atoms with van der Waals surface area (Å²) in [6.45, 7) is 4.03. The summed E-state index contributed by atoms with van der Waals surface area (Å²) >= 11 is 1.33. The van der Waals surface area contributed by atoms with Gasteiger partial charge in [-0.3, -0.25) is 14.4 Å². The Morgan fingerprint density at radius 2 is 2.00 bits per heavy atom. The molecule has 1 saturated carbocycles. The van der Waals surface area contributed by atoms with Crippen LogP contribution >= 0.6 is 11.8 Å². The summed E-state index contributed by atoms with van der Waals surface area (Å²) in [5.74, 6) is 0.467. The van der Waals surface area contributed by atoms with Crippen molar-refractivity contribution in [1.82, 2.24) is 0 Å². The van der Waals surface area contributed by atoms with Crippen molar-refractivity contribution in [2.75, 3.05) is 12.4 Å². The molecule has 0 radical (unpaired) electrons. The highest BCUT2D eigenvalue weighted by Crippen LogP contribution is 2.39. The first-order valence-electron chi connectivity index (χ1n) is 7.93. The zero-order valence-corrected chi connectivity index (χ0v) is 13.9. The topological polar surface area (TPSA) is 60.4 Å². The number of ether oxygens (including phenoxy) is 1. The van der Waals surface area contributed by atoms with E-state index in [0.29, 0.717) is 32.3 Å². The van der Waals surface area contributed by atoms with E-state index < -0.39 is 5.41 Å². The van der Waals surface area contributed by atoms with Crippen LogP contribution in [0.25, 0.3) is 0 Å². The number of thioether (sulfide) groups is 1. The molecular weight excluding hydrogens is 288 g/mol. The number of hydrogen-bond donors (Lipinski definition) is 0. The molecule has 0 aromatic carbocycles. The summed E-state index contributed by atoms with van der Waals surface area (Å²) < 4.78 is 5.14. The van der Waals surface area contributed by atoms with Crippen LogP contribution in [0.1, 0.15) is 65.2 Å². The smallest absolute Gasteiger partial charge is 0.319 e. The number of rotatable bonds is 8. The monoisotopic (exact) mass is 314 g/mol. The Balaban J connectivity index is 2.56. The van der Waals surface area contributed by atoms with Crippen LogP contribution in [-0.2, 0) is 19.1 Å². The van der Waals surface area contributed by atoms with Crippen molar-refractivity contribution in [2.45, 2.75) is 65.2 Å². The van der Waals surface area contributed by atoms with Gasteiger partial charge >= 0.3 is 5.97 Å². The molecule has 1 unspecified atom stereocenters.